The van der Waals surface area contributed by atoms with Crippen molar-refractivity contribution in [2.75, 3.05) is 26.2 Å². The molecule has 1 aliphatic heterocycles. The Morgan fingerprint density at radius 1 is 1.06 bits per heavy atom. The lowest BCUT2D eigenvalue weighted by Crippen LogP contribution is -2.57. The largest absolute Gasteiger partial charge is 0.466 e. The Bertz CT molecular complexity index is 1710. The van der Waals surface area contributed by atoms with Crippen molar-refractivity contribution in [1.82, 2.24) is 19.8 Å². The molecule has 0 bridgehead atoms. The van der Waals surface area contributed by atoms with Crippen LogP contribution in [0.25, 0.3) is 11.1 Å². The van der Waals surface area contributed by atoms with E-state index >= 15 is 8.78 Å². The van der Waals surface area contributed by atoms with Crippen LogP contribution in [0.15, 0.2) is 35.3 Å². The fourth-order valence-electron chi connectivity index (χ4n) is 6.58. The molecule has 0 aliphatic carbocycles. The number of likely N-dealkylation sites (tertiary alicyclic amines) is 1. The quantitative estimate of drug-likeness (QED) is 0.212. The second-order valence-electron chi connectivity index (χ2n) is 13.7. The summed E-state index contributed by atoms with van der Waals surface area (Å²) in [4.78, 5) is 46.4. The first kappa shape index (κ1) is 36.8. The zero-order valence-electron chi connectivity index (χ0n) is 29.2. The highest BCUT2D eigenvalue weighted by molar-refractivity contribution is 5.82. The molecule has 2 heterocycles. The third-order valence-electron chi connectivity index (χ3n) is 8.89. The van der Waals surface area contributed by atoms with E-state index in [2.05, 4.69) is 10.3 Å². The Kier molecular flexibility index (Phi) is 11.6. The summed E-state index contributed by atoms with van der Waals surface area (Å²) in [5.41, 5.74) is 1.36. The maximum Gasteiger partial charge on any atom is 0.348 e. The number of amides is 1. The van der Waals surface area contributed by atoms with E-state index in [9.17, 15) is 18.8 Å². The van der Waals surface area contributed by atoms with Gasteiger partial charge in [-0.05, 0) is 94.2 Å². The van der Waals surface area contributed by atoms with Crippen LogP contribution in [0.5, 0.6) is 0 Å². The summed E-state index contributed by atoms with van der Waals surface area (Å²) in [7, 11) is 0. The van der Waals surface area contributed by atoms with Crippen LogP contribution in [0.2, 0.25) is 0 Å². The fraction of sp³-hybridized carbons (Fsp3) is 0.514. The van der Waals surface area contributed by atoms with E-state index in [4.69, 9.17) is 4.74 Å². The Morgan fingerprint density at radius 3 is 2.29 bits per heavy atom. The number of carbonyl (C=O) groups excluding carboxylic acids is 2. The van der Waals surface area contributed by atoms with E-state index in [0.29, 0.717) is 37.3 Å². The Labute approximate surface area is 280 Å². The highest BCUT2D eigenvalue weighted by atomic mass is 19.1. The van der Waals surface area contributed by atoms with Gasteiger partial charge in [0.05, 0.1) is 19.1 Å². The van der Waals surface area contributed by atoms with Gasteiger partial charge in [-0.15, -0.1) is 0 Å². The molecular weight excluding hydrogens is 621 g/mol. The van der Waals surface area contributed by atoms with Crippen LogP contribution in [-0.4, -0.2) is 58.2 Å². The summed E-state index contributed by atoms with van der Waals surface area (Å²) in [5, 5.41) is 2.73. The molecule has 8 nitrogen and oxygen atoms in total. The van der Waals surface area contributed by atoms with Crippen molar-refractivity contribution >= 4 is 11.9 Å². The van der Waals surface area contributed by atoms with E-state index in [1.165, 1.54) is 17.6 Å². The molecule has 3 aromatic rings. The number of halogens is 3. The molecule has 11 heteroatoms. The number of aryl methyl sites for hydroxylation is 4. The molecule has 1 amide bonds. The fourth-order valence-corrected chi connectivity index (χ4v) is 6.58. The number of nitrogens with zero attached hydrogens (tertiary/aromatic N) is 3. The number of aromatic nitrogens is 2. The molecule has 1 aliphatic rings. The average molecular weight is 669 g/mol. The van der Waals surface area contributed by atoms with Gasteiger partial charge in [-0.25, -0.2) is 18.0 Å². The summed E-state index contributed by atoms with van der Waals surface area (Å²) in [6.45, 7) is 15.0. The first-order chi connectivity index (χ1) is 22.5. The topological polar surface area (TPSA) is 93.5 Å². The van der Waals surface area contributed by atoms with E-state index in [1.807, 2.05) is 50.8 Å². The maximum atomic E-state index is 16.6. The SMILES string of the molecule is CCOC(=O)C[C@H](NC(=O)[C@H](CC(C)C)n1cc(CCN2CC(C)(F)C2)c(C)nc1=O)c1c(F)c(C)cc(-c2c(C)cccc2C)c1F. The molecule has 0 saturated carbocycles. The summed E-state index contributed by atoms with van der Waals surface area (Å²) in [6.07, 6.45) is 1.75. The van der Waals surface area contributed by atoms with Crippen molar-refractivity contribution in [3.8, 4) is 11.1 Å². The number of carbonyl (C=O) groups is 2. The minimum Gasteiger partial charge on any atom is -0.466 e. The van der Waals surface area contributed by atoms with Gasteiger partial charge in [0.2, 0.25) is 5.91 Å². The summed E-state index contributed by atoms with van der Waals surface area (Å²) in [5.74, 6) is -3.28. The van der Waals surface area contributed by atoms with Gasteiger partial charge in [0.15, 0.2) is 0 Å². The molecule has 0 unspecified atom stereocenters. The average Bonchev–Trinajstić information content (AvgIpc) is 2.97. The van der Waals surface area contributed by atoms with Gasteiger partial charge in [0.1, 0.15) is 23.3 Å². The van der Waals surface area contributed by atoms with Crippen LogP contribution in [0, 0.1) is 45.2 Å². The summed E-state index contributed by atoms with van der Waals surface area (Å²) < 4.78 is 53.0. The zero-order valence-corrected chi connectivity index (χ0v) is 29.2. The number of hydrogen-bond donors (Lipinski definition) is 1. The van der Waals surface area contributed by atoms with Crippen molar-refractivity contribution in [3.05, 3.63) is 86.1 Å². The van der Waals surface area contributed by atoms with Crippen molar-refractivity contribution in [3.63, 3.8) is 0 Å². The molecule has 2 aromatic carbocycles. The number of hydrogen-bond acceptors (Lipinski definition) is 6. The van der Waals surface area contributed by atoms with Gasteiger partial charge in [-0.1, -0.05) is 32.0 Å². The normalized spacial score (nSPS) is 15.6. The van der Waals surface area contributed by atoms with Crippen molar-refractivity contribution < 1.29 is 27.5 Å². The van der Waals surface area contributed by atoms with Gasteiger partial charge < -0.3 is 10.1 Å². The van der Waals surface area contributed by atoms with Crippen LogP contribution in [0.3, 0.4) is 0 Å². The molecule has 1 N–H and O–H groups in total. The predicted molar refractivity (Wildman–Crippen MR) is 180 cm³/mol. The molecule has 0 radical (unpaired) electrons. The third kappa shape index (κ3) is 8.35. The Hall–Kier alpha value is -3.99. The van der Waals surface area contributed by atoms with E-state index in [1.54, 1.807) is 27.0 Å². The number of ether oxygens (including phenoxy) is 1. The minimum absolute atomic E-state index is 0.0388. The summed E-state index contributed by atoms with van der Waals surface area (Å²) in [6, 6.07) is 4.40. The highest BCUT2D eigenvalue weighted by Gasteiger charge is 2.38. The molecule has 2 atom stereocenters. The van der Waals surface area contributed by atoms with E-state index in [-0.39, 0.29) is 30.1 Å². The van der Waals surface area contributed by atoms with Crippen molar-refractivity contribution in [2.24, 2.45) is 5.92 Å². The first-order valence-electron chi connectivity index (χ1n) is 16.5. The van der Waals surface area contributed by atoms with Crippen LogP contribution in [0.4, 0.5) is 13.2 Å². The second kappa shape index (κ2) is 15.1. The standard InChI is InChI=1S/C37H47F3N4O4/c1-9-48-30(45)17-28(32-33(38)24(6)16-27(34(32)39)31-22(4)11-10-12-23(31)5)42-35(46)29(15-21(2)3)44-18-26(25(7)41-36(44)47)13-14-43-19-37(8,40)20-43/h10-12,16,18,21,28-29H,9,13-15,17,19-20H2,1-8H3,(H,42,46)/t28-,29-/m0/s1. The molecule has 4 rings (SSSR count). The lowest BCUT2D eigenvalue weighted by Gasteiger charge is -2.42. The predicted octanol–water partition coefficient (Wildman–Crippen LogP) is 6.41. The van der Waals surface area contributed by atoms with Gasteiger partial charge >= 0.3 is 11.7 Å². The monoisotopic (exact) mass is 668 g/mol. The van der Waals surface area contributed by atoms with E-state index in [0.717, 1.165) is 16.7 Å². The van der Waals surface area contributed by atoms with Crippen LogP contribution < -0.4 is 11.0 Å². The summed E-state index contributed by atoms with van der Waals surface area (Å²) >= 11 is 0. The zero-order chi connectivity index (χ0) is 35.5. The maximum absolute atomic E-state index is 16.6. The van der Waals surface area contributed by atoms with Crippen LogP contribution in [0.1, 0.15) is 86.1 Å². The van der Waals surface area contributed by atoms with Gasteiger partial charge in [-0.3, -0.25) is 19.1 Å². The molecular formula is C37H47F3N4O4. The first-order valence-corrected chi connectivity index (χ1v) is 16.5. The van der Waals surface area contributed by atoms with Crippen LogP contribution in [-0.2, 0) is 20.7 Å². The molecule has 0 spiro atoms. The lowest BCUT2D eigenvalue weighted by atomic mass is 9.89. The molecule has 1 fully saturated rings. The van der Waals surface area contributed by atoms with Gasteiger partial charge in [0, 0.05) is 42.7 Å². The minimum atomic E-state index is -1.44. The Balaban J connectivity index is 1.76. The number of nitrogens with one attached hydrogen (secondary N) is 1. The van der Waals surface area contributed by atoms with Crippen molar-refractivity contribution in [2.45, 2.75) is 92.4 Å². The number of alkyl halides is 1. The third-order valence-corrected chi connectivity index (χ3v) is 8.89. The number of benzene rings is 2. The number of esters is 1. The van der Waals surface area contributed by atoms with Gasteiger partial charge in [0.25, 0.3) is 0 Å². The lowest BCUT2D eigenvalue weighted by molar-refractivity contribution is -0.144. The number of rotatable bonds is 13. The Morgan fingerprint density at radius 2 is 1.71 bits per heavy atom. The molecule has 1 saturated heterocycles. The van der Waals surface area contributed by atoms with Gasteiger partial charge in [-0.2, -0.15) is 4.98 Å². The smallest absolute Gasteiger partial charge is 0.348 e. The molecule has 1 aromatic heterocycles. The highest BCUT2D eigenvalue weighted by Crippen LogP contribution is 2.37. The second-order valence-corrected chi connectivity index (χ2v) is 13.7. The van der Waals surface area contributed by atoms with Crippen molar-refractivity contribution in [1.29, 1.82) is 0 Å². The van der Waals surface area contributed by atoms with Crippen LogP contribution >= 0.6 is 0 Å². The van der Waals surface area contributed by atoms with E-state index < -0.39 is 58.9 Å². The molecule has 260 valence electrons. The molecule has 48 heavy (non-hydrogen) atoms.